The Labute approximate surface area is 363 Å². The second-order valence-corrected chi connectivity index (χ2v) is 19.7. The van der Waals surface area contributed by atoms with Crippen molar-refractivity contribution < 1.29 is 27.7 Å². The molecule has 1 spiro atoms. The number of unbranched alkanes of at least 4 members (excludes halogenated alkanes) is 15. The Kier molecular flexibility index (Phi) is 15.2. The van der Waals surface area contributed by atoms with Crippen LogP contribution < -0.4 is 5.32 Å². The molecule has 5 aromatic rings. The summed E-state index contributed by atoms with van der Waals surface area (Å²) >= 11 is 0. The fourth-order valence-electron chi connectivity index (χ4n) is 9.08. The van der Waals surface area contributed by atoms with E-state index in [0.29, 0.717) is 34.4 Å². The Morgan fingerprint density at radius 2 is 0.721 bits per heavy atom. The number of hydrogen-bond donors (Lipinski definition) is 1. The molecule has 2 saturated heterocycles. The maximum atomic E-state index is 15.2. The van der Waals surface area contributed by atoms with Gasteiger partial charge in [-0.25, -0.2) is 0 Å². The van der Waals surface area contributed by atoms with Gasteiger partial charge in [-0.15, -0.1) is 0 Å². The second-order valence-electron chi connectivity index (χ2n) is 16.7. The molecule has 322 valence electrons. The van der Waals surface area contributed by atoms with Crippen LogP contribution in [0.4, 0.5) is 0 Å². The van der Waals surface area contributed by atoms with Gasteiger partial charge in [0.25, 0.3) is 0 Å². The summed E-state index contributed by atoms with van der Waals surface area (Å²) in [6.07, 6.45) is 20.4. The third kappa shape index (κ3) is 9.56. The Balaban J connectivity index is 1.16. The summed E-state index contributed by atoms with van der Waals surface area (Å²) in [5, 5.41) is 3.73. The predicted molar refractivity (Wildman–Crippen MR) is 245 cm³/mol. The van der Waals surface area contributed by atoms with Gasteiger partial charge >= 0.3 is 313 Å². The molecule has 0 saturated carbocycles. The van der Waals surface area contributed by atoms with Crippen LogP contribution in [-0.2, 0) is 38.9 Å². The van der Waals surface area contributed by atoms with Crippen molar-refractivity contribution in [2.24, 2.45) is 0 Å². The molecule has 2 fully saturated rings. The van der Waals surface area contributed by atoms with E-state index in [2.05, 4.69) is 12.2 Å². The fraction of sp³-hybridized carbons (Fsp3) is 0.396. The molecule has 7 rings (SSSR count). The fourth-order valence-corrected chi connectivity index (χ4v) is 13.2. The normalized spacial score (nSPS) is 18.2. The molecule has 7 nitrogen and oxygen atoms in total. The number of carbonyl (C=O) groups is 2. The van der Waals surface area contributed by atoms with Crippen LogP contribution in [0.2, 0.25) is 0 Å². The Hall–Kier alpha value is -4.65. The van der Waals surface area contributed by atoms with Gasteiger partial charge in [0.2, 0.25) is 0 Å². The van der Waals surface area contributed by atoms with E-state index in [0.717, 1.165) is 19.3 Å². The first-order valence-electron chi connectivity index (χ1n) is 22.9. The van der Waals surface area contributed by atoms with Crippen LogP contribution in [0.3, 0.4) is 0 Å². The first-order chi connectivity index (χ1) is 30.0. The van der Waals surface area contributed by atoms with Gasteiger partial charge in [0, 0.05) is 0 Å². The van der Waals surface area contributed by atoms with Crippen LogP contribution >= 0.6 is 7.51 Å². The van der Waals surface area contributed by atoms with Gasteiger partial charge < -0.3 is 0 Å². The molecule has 1 N–H and O–H groups in total. The van der Waals surface area contributed by atoms with E-state index in [4.69, 9.17) is 18.1 Å². The van der Waals surface area contributed by atoms with Gasteiger partial charge in [-0.05, 0) is 0 Å². The molecule has 2 aliphatic rings. The SMILES string of the molecule is CCCCCCCCCCCCCCCCCCNC(c1ccccc1)P12(OC(=O)C(c3ccccc3)(c3ccccc3)O1)OC(=O)C(c1ccccc1)(c1ccccc1)O2. The molecular weight excluding hydrogens is 778 g/mol. The minimum absolute atomic E-state index is 0.536. The molecule has 1 unspecified atom stereocenters. The second kappa shape index (κ2) is 20.9. The van der Waals surface area contributed by atoms with Gasteiger partial charge in [0.05, 0.1) is 0 Å². The van der Waals surface area contributed by atoms with Crippen molar-refractivity contribution in [1.82, 2.24) is 5.32 Å². The van der Waals surface area contributed by atoms with Crippen molar-refractivity contribution in [3.05, 3.63) is 179 Å². The average Bonchev–Trinajstić information content (AvgIpc) is 3.74. The van der Waals surface area contributed by atoms with Crippen LogP contribution in [0.15, 0.2) is 152 Å². The van der Waals surface area contributed by atoms with Gasteiger partial charge in [0.1, 0.15) is 0 Å². The molecule has 5 aromatic carbocycles. The van der Waals surface area contributed by atoms with E-state index in [1.165, 1.54) is 83.5 Å². The van der Waals surface area contributed by atoms with E-state index < -0.39 is 36.4 Å². The molecule has 61 heavy (non-hydrogen) atoms. The van der Waals surface area contributed by atoms with Crippen LogP contribution in [0, 0.1) is 0 Å². The van der Waals surface area contributed by atoms with Gasteiger partial charge in [-0.1, -0.05) is 51.9 Å². The molecule has 0 aliphatic carbocycles. The monoisotopic (exact) mass is 841 g/mol. The molecule has 1 atom stereocenters. The summed E-state index contributed by atoms with van der Waals surface area (Å²) in [6.45, 7) is 2.82. The van der Waals surface area contributed by atoms with Crippen molar-refractivity contribution in [1.29, 1.82) is 0 Å². The third-order valence-corrected chi connectivity index (χ3v) is 15.8. The summed E-state index contributed by atoms with van der Waals surface area (Å²) in [5.74, 6) is -2.41. The topological polar surface area (TPSA) is 83.1 Å². The zero-order valence-electron chi connectivity index (χ0n) is 35.9. The van der Waals surface area contributed by atoms with E-state index >= 15 is 9.59 Å². The van der Waals surface area contributed by atoms with Crippen molar-refractivity contribution in [3.8, 4) is 0 Å². The van der Waals surface area contributed by atoms with Crippen molar-refractivity contribution in [2.75, 3.05) is 6.54 Å². The Morgan fingerprint density at radius 3 is 1.05 bits per heavy atom. The molecule has 0 amide bonds. The minimum atomic E-state index is -5.48. The van der Waals surface area contributed by atoms with E-state index in [9.17, 15) is 0 Å². The summed E-state index contributed by atoms with van der Waals surface area (Å²) < 4.78 is 28.6. The van der Waals surface area contributed by atoms with Crippen molar-refractivity contribution in [3.63, 3.8) is 0 Å². The predicted octanol–water partition coefficient (Wildman–Crippen LogP) is 13.8. The number of hydrogen-bond acceptors (Lipinski definition) is 7. The molecule has 0 bridgehead atoms. The first-order valence-corrected chi connectivity index (χ1v) is 24.9. The zero-order valence-corrected chi connectivity index (χ0v) is 36.8. The maximum absolute atomic E-state index is 15.2. The molecular formula is C53H64NO6P. The quantitative estimate of drug-likeness (QED) is 0.0489. The summed E-state index contributed by atoms with van der Waals surface area (Å²) in [5.41, 5.74) is -0.795. The Bertz CT molecular complexity index is 1910. The molecule has 0 aromatic heterocycles. The van der Waals surface area contributed by atoms with E-state index in [1.54, 1.807) is 0 Å². The molecule has 8 heteroatoms. The third-order valence-electron chi connectivity index (χ3n) is 12.3. The van der Waals surface area contributed by atoms with E-state index in [1.807, 2.05) is 152 Å². The number of carbonyl (C=O) groups excluding carboxylic acids is 2. The summed E-state index contributed by atoms with van der Waals surface area (Å²) in [4.78, 5) is 30.4. The van der Waals surface area contributed by atoms with Crippen LogP contribution in [-0.4, -0.2) is 18.5 Å². The molecule has 2 heterocycles. The van der Waals surface area contributed by atoms with Crippen molar-refractivity contribution >= 4 is 19.4 Å². The van der Waals surface area contributed by atoms with E-state index in [-0.39, 0.29) is 0 Å². The van der Waals surface area contributed by atoms with Crippen molar-refractivity contribution in [2.45, 2.75) is 127 Å². The number of nitrogens with one attached hydrogen (secondary N) is 1. The number of rotatable bonds is 24. The first kappa shape index (κ1) is 44.4. The zero-order chi connectivity index (χ0) is 42.3. The standard InChI is InChI=1S/C53H64NO6P/c1-2-3-4-5-6-7-8-9-10-11-12-13-14-15-16-32-43-54-49(44-33-22-17-23-34-44)61(57-50(55)52(59-61,45-35-24-18-25-36-45)46-37-26-19-27-38-46)58-51(56)53(60-61,47-39-28-20-29-40-47)48-41-30-21-31-42-48/h17-31,33-42,49,54H,2-16,32,43H2,1H3. The Morgan fingerprint density at radius 1 is 0.426 bits per heavy atom. The summed E-state index contributed by atoms with van der Waals surface area (Å²) in [6, 6.07) is 46.8. The van der Waals surface area contributed by atoms with Gasteiger partial charge in [0.15, 0.2) is 0 Å². The molecule has 0 radical (unpaired) electrons. The average molecular weight is 842 g/mol. The van der Waals surface area contributed by atoms with Crippen LogP contribution in [0.25, 0.3) is 0 Å². The van der Waals surface area contributed by atoms with Gasteiger partial charge in [-0.3, -0.25) is 0 Å². The molecule has 2 aliphatic heterocycles. The van der Waals surface area contributed by atoms with Gasteiger partial charge in [-0.2, -0.15) is 0 Å². The van der Waals surface area contributed by atoms with Crippen LogP contribution in [0.1, 0.15) is 143 Å². The van der Waals surface area contributed by atoms with Crippen LogP contribution in [0.5, 0.6) is 0 Å². The summed E-state index contributed by atoms with van der Waals surface area (Å²) in [7, 11) is -5.48. The number of benzene rings is 5.